The van der Waals surface area contributed by atoms with Crippen LogP contribution in [0.4, 0.5) is 0 Å². The molecule has 2 heterocycles. The summed E-state index contributed by atoms with van der Waals surface area (Å²) in [5.74, 6) is 0. The summed E-state index contributed by atoms with van der Waals surface area (Å²) in [5.41, 5.74) is 13.2. The molecule has 0 fully saturated rings. The van der Waals surface area contributed by atoms with Gasteiger partial charge in [-0.3, -0.25) is 0 Å². The maximum absolute atomic E-state index is 6.67. The van der Waals surface area contributed by atoms with Gasteiger partial charge in [0, 0.05) is 26.9 Å². The van der Waals surface area contributed by atoms with Crippen LogP contribution in [0, 0.1) is 0 Å². The molecule has 0 aliphatic carbocycles. The highest BCUT2D eigenvalue weighted by Crippen LogP contribution is 2.47. The smallest absolute Gasteiger partial charge is 0.143 e. The Morgan fingerprint density at radius 1 is 0.234 bits per heavy atom. The Balaban J connectivity index is 0.953. The molecular formula is C62H36O2. The Kier molecular flexibility index (Phi) is 7.43. The zero-order valence-corrected chi connectivity index (χ0v) is 34.6. The van der Waals surface area contributed by atoms with Crippen LogP contribution < -0.4 is 0 Å². The lowest BCUT2D eigenvalue weighted by atomic mass is 9.84. The van der Waals surface area contributed by atoms with Crippen molar-refractivity contribution in [3.8, 4) is 44.5 Å². The third kappa shape index (κ3) is 5.14. The van der Waals surface area contributed by atoms with E-state index in [0.717, 1.165) is 49.4 Å². The van der Waals surface area contributed by atoms with Crippen molar-refractivity contribution in [2.45, 2.75) is 0 Å². The molecule has 0 unspecified atom stereocenters. The molecule has 0 saturated carbocycles. The highest BCUT2D eigenvalue weighted by Gasteiger charge is 2.20. The van der Waals surface area contributed by atoms with Crippen molar-refractivity contribution in [1.29, 1.82) is 0 Å². The van der Waals surface area contributed by atoms with Crippen molar-refractivity contribution in [3.05, 3.63) is 218 Å². The lowest BCUT2D eigenvalue weighted by Crippen LogP contribution is -1.92. The van der Waals surface area contributed by atoms with Gasteiger partial charge in [0.15, 0.2) is 0 Å². The number of furan rings is 2. The van der Waals surface area contributed by atoms with Crippen LogP contribution in [0.1, 0.15) is 0 Å². The minimum Gasteiger partial charge on any atom is -0.456 e. The predicted octanol–water partition coefficient (Wildman–Crippen LogP) is 17.9. The fourth-order valence-corrected chi connectivity index (χ4v) is 10.8. The van der Waals surface area contributed by atoms with Gasteiger partial charge >= 0.3 is 0 Å². The van der Waals surface area contributed by atoms with Gasteiger partial charge in [0.25, 0.3) is 0 Å². The van der Waals surface area contributed by atoms with Gasteiger partial charge in [-0.25, -0.2) is 0 Å². The lowest BCUT2D eigenvalue weighted by molar-refractivity contribution is 0.669. The van der Waals surface area contributed by atoms with Gasteiger partial charge in [0.1, 0.15) is 22.3 Å². The number of hydrogen-bond acceptors (Lipinski definition) is 2. The molecular weight excluding hydrogens is 777 g/mol. The molecule has 0 aliphatic rings. The predicted molar refractivity (Wildman–Crippen MR) is 270 cm³/mol. The minimum absolute atomic E-state index is 0.903. The van der Waals surface area contributed by atoms with E-state index in [1.807, 2.05) is 0 Å². The summed E-state index contributed by atoms with van der Waals surface area (Å²) in [6.07, 6.45) is 0. The Bertz CT molecular complexity index is 4200. The van der Waals surface area contributed by atoms with Gasteiger partial charge in [-0.1, -0.05) is 176 Å². The number of hydrogen-bond donors (Lipinski definition) is 0. The van der Waals surface area contributed by atoms with Crippen LogP contribution in [0.5, 0.6) is 0 Å². The third-order valence-corrected chi connectivity index (χ3v) is 13.6. The molecule has 0 N–H and O–H groups in total. The van der Waals surface area contributed by atoms with Crippen molar-refractivity contribution in [2.75, 3.05) is 0 Å². The molecule has 2 aromatic heterocycles. The Labute approximate surface area is 367 Å². The monoisotopic (exact) mass is 812 g/mol. The van der Waals surface area contributed by atoms with E-state index in [1.165, 1.54) is 92.8 Å². The van der Waals surface area contributed by atoms with E-state index in [-0.39, 0.29) is 0 Å². The van der Waals surface area contributed by atoms with Crippen LogP contribution in [-0.2, 0) is 0 Å². The Morgan fingerprint density at radius 2 is 0.688 bits per heavy atom. The summed E-state index contributed by atoms with van der Waals surface area (Å²) in [6, 6.07) is 79.4. The summed E-state index contributed by atoms with van der Waals surface area (Å²) < 4.78 is 13.1. The van der Waals surface area contributed by atoms with E-state index in [0.29, 0.717) is 0 Å². The van der Waals surface area contributed by atoms with Crippen LogP contribution in [0.2, 0.25) is 0 Å². The van der Waals surface area contributed by atoms with Crippen LogP contribution in [0.25, 0.3) is 142 Å². The van der Waals surface area contributed by atoms with Crippen molar-refractivity contribution in [2.24, 2.45) is 0 Å². The highest BCUT2D eigenvalue weighted by atomic mass is 16.3. The molecule has 0 aliphatic heterocycles. The molecule has 0 radical (unpaired) electrons. The molecule has 2 nitrogen and oxygen atoms in total. The molecule has 14 aromatic rings. The molecule has 2 heteroatoms. The van der Waals surface area contributed by atoms with E-state index in [9.17, 15) is 0 Å². The quantitative estimate of drug-likeness (QED) is 0.166. The first-order valence-corrected chi connectivity index (χ1v) is 22.0. The summed E-state index contributed by atoms with van der Waals surface area (Å²) in [7, 11) is 0. The van der Waals surface area contributed by atoms with Crippen molar-refractivity contribution >= 4 is 97.7 Å². The van der Waals surface area contributed by atoms with Gasteiger partial charge in [-0.05, 0) is 135 Å². The van der Waals surface area contributed by atoms with E-state index >= 15 is 0 Å². The van der Waals surface area contributed by atoms with Crippen molar-refractivity contribution in [3.63, 3.8) is 0 Å². The van der Waals surface area contributed by atoms with Gasteiger partial charge in [-0.2, -0.15) is 0 Å². The van der Waals surface area contributed by atoms with Gasteiger partial charge < -0.3 is 8.83 Å². The van der Waals surface area contributed by atoms with Crippen LogP contribution in [-0.4, -0.2) is 0 Å². The maximum Gasteiger partial charge on any atom is 0.143 e. The normalized spacial score (nSPS) is 12.1. The zero-order chi connectivity index (χ0) is 41.9. The summed E-state index contributed by atoms with van der Waals surface area (Å²) >= 11 is 0. The Morgan fingerprint density at radius 3 is 1.31 bits per heavy atom. The van der Waals surface area contributed by atoms with Crippen LogP contribution in [0.3, 0.4) is 0 Å². The number of benzene rings is 12. The van der Waals surface area contributed by atoms with Crippen molar-refractivity contribution in [1.82, 2.24) is 0 Å². The molecule has 0 atom stereocenters. The summed E-state index contributed by atoms with van der Waals surface area (Å²) in [5, 5.41) is 16.6. The molecule has 296 valence electrons. The standard InChI is InChI=1S/C62H36O2/c1-3-19-44-37(13-1)27-31-56-60(44)53-35-40(29-30-55(53)63-56)39-15-11-17-42(33-39)58-47-22-6-8-24-49(47)59(50-25-9-7-23-48(50)58)43-18-12-16-41(34-43)52-36-54-61-45-20-4-2-14-38(45)28-32-57(61)64-62(54)51-26-10-5-21-46(51)52/h1-36H. The van der Waals surface area contributed by atoms with E-state index in [1.54, 1.807) is 0 Å². The molecule has 64 heavy (non-hydrogen) atoms. The topological polar surface area (TPSA) is 26.3 Å². The zero-order valence-electron chi connectivity index (χ0n) is 34.6. The average Bonchev–Trinajstić information content (AvgIpc) is 3.94. The van der Waals surface area contributed by atoms with Crippen molar-refractivity contribution < 1.29 is 8.83 Å². The summed E-state index contributed by atoms with van der Waals surface area (Å²) in [6.45, 7) is 0. The van der Waals surface area contributed by atoms with E-state index in [2.05, 4.69) is 218 Å². The van der Waals surface area contributed by atoms with Gasteiger partial charge in [0.2, 0.25) is 0 Å². The van der Waals surface area contributed by atoms with Gasteiger partial charge in [0.05, 0.1) is 0 Å². The first-order chi connectivity index (χ1) is 31.7. The molecule has 0 amide bonds. The second-order valence-corrected chi connectivity index (χ2v) is 17.1. The number of rotatable bonds is 4. The minimum atomic E-state index is 0.903. The molecule has 0 saturated heterocycles. The number of fused-ring (bicyclic) bond motifs is 14. The highest BCUT2D eigenvalue weighted by molar-refractivity contribution is 6.26. The first-order valence-electron chi connectivity index (χ1n) is 22.0. The second-order valence-electron chi connectivity index (χ2n) is 17.1. The van der Waals surface area contributed by atoms with E-state index < -0.39 is 0 Å². The van der Waals surface area contributed by atoms with Gasteiger partial charge in [-0.15, -0.1) is 0 Å². The lowest BCUT2D eigenvalue weighted by Gasteiger charge is -2.19. The SMILES string of the molecule is c1cc(-c2ccc3oc4ccc5ccccc5c4c3c2)cc(-c2c3ccccc3c(-c3cccc(-c4cc5c(oc6ccc7ccccc7c65)c5ccccc45)c3)c3ccccc23)c1. The molecule has 0 bridgehead atoms. The summed E-state index contributed by atoms with van der Waals surface area (Å²) in [4.78, 5) is 0. The molecule has 14 rings (SSSR count). The average molecular weight is 813 g/mol. The third-order valence-electron chi connectivity index (χ3n) is 13.6. The maximum atomic E-state index is 6.67. The fraction of sp³-hybridized carbons (Fsp3) is 0. The second kappa shape index (κ2) is 13.5. The largest absolute Gasteiger partial charge is 0.456 e. The van der Waals surface area contributed by atoms with Crippen LogP contribution >= 0.6 is 0 Å². The first kappa shape index (κ1) is 35.2. The molecule has 0 spiro atoms. The molecule has 12 aromatic carbocycles. The van der Waals surface area contributed by atoms with E-state index in [4.69, 9.17) is 8.83 Å². The van der Waals surface area contributed by atoms with Crippen LogP contribution in [0.15, 0.2) is 227 Å². The fourth-order valence-electron chi connectivity index (χ4n) is 10.8. The Hall–Kier alpha value is -8.46.